The molecule has 0 radical (unpaired) electrons. The first-order valence-corrected chi connectivity index (χ1v) is 7.37. The Hall–Kier alpha value is -1.99. The zero-order chi connectivity index (χ0) is 15.7. The summed E-state index contributed by atoms with van der Waals surface area (Å²) < 4.78 is 19.5. The third kappa shape index (κ3) is 2.82. The average Bonchev–Trinajstić information content (AvgIpc) is 2.49. The lowest BCUT2D eigenvalue weighted by atomic mass is 10.1. The summed E-state index contributed by atoms with van der Waals surface area (Å²) in [6, 6.07) is 5.11. The van der Waals surface area contributed by atoms with Gasteiger partial charge in [-0.05, 0) is 24.7 Å². The fourth-order valence-corrected chi connectivity index (χ4v) is 2.96. The van der Waals surface area contributed by atoms with Crippen molar-refractivity contribution in [2.45, 2.75) is 19.5 Å². The van der Waals surface area contributed by atoms with Gasteiger partial charge in [0.15, 0.2) is 16.3 Å². The molecule has 0 amide bonds. The van der Waals surface area contributed by atoms with Crippen LogP contribution in [-0.2, 0) is 19.5 Å². The van der Waals surface area contributed by atoms with Gasteiger partial charge in [-0.15, -0.1) is 0 Å². The van der Waals surface area contributed by atoms with E-state index in [1.165, 1.54) is 7.11 Å². The number of H-pyrrole nitrogens is 2. The highest BCUT2D eigenvalue weighted by Crippen LogP contribution is 2.23. The second-order valence-electron chi connectivity index (χ2n) is 5.26. The molecule has 2 N–H and O–H groups in total. The monoisotopic (exact) mass is 321 g/mol. The maximum absolute atomic E-state index is 14.2. The fourth-order valence-electron chi connectivity index (χ4n) is 2.74. The first-order valence-electron chi connectivity index (χ1n) is 6.96. The van der Waals surface area contributed by atoms with Gasteiger partial charge in [0, 0.05) is 36.5 Å². The summed E-state index contributed by atoms with van der Waals surface area (Å²) in [5.41, 5.74) is 1.98. The molecule has 0 aliphatic carbocycles. The van der Waals surface area contributed by atoms with Crippen LogP contribution in [0.3, 0.4) is 0 Å². The number of nitrogens with zero attached hydrogens (tertiary/aromatic N) is 1. The van der Waals surface area contributed by atoms with Gasteiger partial charge < -0.3 is 9.72 Å². The number of hydrogen-bond acceptors (Lipinski definition) is 4. The summed E-state index contributed by atoms with van der Waals surface area (Å²) >= 11 is 5.00. The van der Waals surface area contributed by atoms with Crippen LogP contribution in [0.15, 0.2) is 23.0 Å². The number of rotatable bonds is 3. The minimum atomic E-state index is -0.338. The van der Waals surface area contributed by atoms with Crippen molar-refractivity contribution in [1.29, 1.82) is 0 Å². The van der Waals surface area contributed by atoms with E-state index in [4.69, 9.17) is 17.0 Å². The summed E-state index contributed by atoms with van der Waals surface area (Å²) in [5, 5.41) is 0. The van der Waals surface area contributed by atoms with Gasteiger partial charge in [0.05, 0.1) is 7.11 Å². The van der Waals surface area contributed by atoms with Crippen LogP contribution in [-0.4, -0.2) is 28.5 Å². The van der Waals surface area contributed by atoms with E-state index in [1.807, 2.05) is 0 Å². The molecule has 1 aromatic carbocycles. The Labute approximate surface area is 131 Å². The van der Waals surface area contributed by atoms with E-state index in [9.17, 15) is 9.18 Å². The van der Waals surface area contributed by atoms with Gasteiger partial charge in [-0.1, -0.05) is 12.1 Å². The van der Waals surface area contributed by atoms with E-state index in [0.29, 0.717) is 36.4 Å². The van der Waals surface area contributed by atoms with E-state index in [1.54, 1.807) is 18.2 Å². The van der Waals surface area contributed by atoms with E-state index < -0.39 is 0 Å². The first-order chi connectivity index (χ1) is 10.6. The Bertz CT molecular complexity index is 815. The van der Waals surface area contributed by atoms with Crippen LogP contribution in [0, 0.1) is 10.6 Å². The van der Waals surface area contributed by atoms with E-state index in [0.717, 1.165) is 11.3 Å². The van der Waals surface area contributed by atoms with Crippen LogP contribution in [0.5, 0.6) is 5.75 Å². The van der Waals surface area contributed by atoms with E-state index in [2.05, 4.69) is 14.9 Å². The van der Waals surface area contributed by atoms with Gasteiger partial charge in [-0.25, -0.2) is 4.39 Å². The van der Waals surface area contributed by atoms with Crippen LogP contribution >= 0.6 is 12.2 Å². The second-order valence-corrected chi connectivity index (χ2v) is 5.67. The molecule has 0 atom stereocenters. The molecule has 0 saturated carbocycles. The summed E-state index contributed by atoms with van der Waals surface area (Å²) in [5.74, 6) is -0.0968. The molecule has 2 heterocycles. The van der Waals surface area contributed by atoms with Crippen LogP contribution in [0.2, 0.25) is 0 Å². The predicted octanol–water partition coefficient (Wildman–Crippen LogP) is 2.14. The molecule has 0 fully saturated rings. The van der Waals surface area contributed by atoms with Crippen molar-refractivity contribution >= 4 is 12.2 Å². The number of aromatic nitrogens is 2. The molecule has 116 valence electrons. The van der Waals surface area contributed by atoms with Gasteiger partial charge >= 0.3 is 0 Å². The van der Waals surface area contributed by atoms with Gasteiger partial charge in [0.25, 0.3) is 5.56 Å². The number of methoxy groups -OCH3 is 1. The predicted molar refractivity (Wildman–Crippen MR) is 83.0 cm³/mol. The van der Waals surface area contributed by atoms with Crippen LogP contribution in [0.1, 0.15) is 16.8 Å². The van der Waals surface area contributed by atoms with E-state index >= 15 is 0 Å². The third-order valence-electron chi connectivity index (χ3n) is 3.85. The lowest BCUT2D eigenvalue weighted by Gasteiger charge is -2.28. The molecule has 1 aliphatic rings. The molecule has 0 saturated heterocycles. The highest BCUT2D eigenvalue weighted by Gasteiger charge is 2.21. The number of ether oxygens (including phenoxy) is 1. The van der Waals surface area contributed by atoms with Crippen LogP contribution in [0.25, 0.3) is 0 Å². The molecule has 22 heavy (non-hydrogen) atoms. The quantitative estimate of drug-likeness (QED) is 0.850. The smallest absolute Gasteiger partial charge is 0.255 e. The van der Waals surface area contributed by atoms with Crippen molar-refractivity contribution in [3.8, 4) is 5.75 Å². The Balaban J connectivity index is 1.84. The van der Waals surface area contributed by atoms with Crippen molar-refractivity contribution in [2.24, 2.45) is 0 Å². The molecule has 0 spiro atoms. The normalized spacial score (nSPS) is 14.6. The van der Waals surface area contributed by atoms with Crippen molar-refractivity contribution in [3.63, 3.8) is 0 Å². The zero-order valence-corrected chi connectivity index (χ0v) is 12.9. The van der Waals surface area contributed by atoms with Gasteiger partial charge in [-0.3, -0.25) is 14.7 Å². The standard InChI is InChI=1S/C15H16FN3O2S/c1-21-12-4-2-3-9(13(12)16)7-19-6-5-10-11(8-19)17-15(22)18-14(10)20/h2-4H,5-8H2,1H3,(H2,17,18,20,22). The third-order valence-corrected chi connectivity index (χ3v) is 4.05. The largest absolute Gasteiger partial charge is 0.494 e. The molecule has 5 nitrogen and oxygen atoms in total. The molecule has 3 rings (SSSR count). The van der Waals surface area contributed by atoms with Gasteiger partial charge in [-0.2, -0.15) is 0 Å². The molecule has 1 aromatic heterocycles. The second kappa shape index (κ2) is 6.02. The van der Waals surface area contributed by atoms with Crippen molar-refractivity contribution in [2.75, 3.05) is 13.7 Å². The Kier molecular flexibility index (Phi) is 4.08. The number of fused-ring (bicyclic) bond motifs is 1. The van der Waals surface area contributed by atoms with E-state index in [-0.39, 0.29) is 17.1 Å². The molecule has 2 aromatic rings. The zero-order valence-electron chi connectivity index (χ0n) is 12.1. The molecular weight excluding hydrogens is 305 g/mol. The summed E-state index contributed by atoms with van der Waals surface area (Å²) in [6.45, 7) is 1.69. The number of nitrogens with one attached hydrogen (secondary N) is 2. The average molecular weight is 321 g/mol. The minimum Gasteiger partial charge on any atom is -0.494 e. The van der Waals surface area contributed by atoms with Gasteiger partial charge in [0.2, 0.25) is 0 Å². The summed E-state index contributed by atoms with van der Waals surface area (Å²) in [6.07, 6.45) is 0.613. The van der Waals surface area contributed by atoms with Crippen LogP contribution in [0.4, 0.5) is 4.39 Å². The summed E-state index contributed by atoms with van der Waals surface area (Å²) in [7, 11) is 1.45. The molecular formula is C15H16FN3O2S. The van der Waals surface area contributed by atoms with Crippen molar-refractivity contribution < 1.29 is 9.13 Å². The molecule has 0 bridgehead atoms. The van der Waals surface area contributed by atoms with Crippen LogP contribution < -0.4 is 10.3 Å². The maximum Gasteiger partial charge on any atom is 0.255 e. The minimum absolute atomic E-state index is 0.133. The summed E-state index contributed by atoms with van der Waals surface area (Å²) in [4.78, 5) is 19.5. The molecule has 0 unspecified atom stereocenters. The number of hydrogen-bond donors (Lipinski definition) is 2. The number of aromatic amines is 2. The van der Waals surface area contributed by atoms with Crippen molar-refractivity contribution in [1.82, 2.24) is 14.9 Å². The Morgan fingerprint density at radius 2 is 2.23 bits per heavy atom. The molecule has 7 heteroatoms. The maximum atomic E-state index is 14.2. The van der Waals surface area contributed by atoms with Gasteiger partial charge in [0.1, 0.15) is 0 Å². The highest BCUT2D eigenvalue weighted by molar-refractivity contribution is 7.71. The first kappa shape index (κ1) is 14.9. The Morgan fingerprint density at radius 3 is 3.00 bits per heavy atom. The number of halogens is 1. The fraction of sp³-hybridized carbons (Fsp3) is 0.333. The number of benzene rings is 1. The van der Waals surface area contributed by atoms with Crippen molar-refractivity contribution in [3.05, 3.63) is 56.0 Å². The lowest BCUT2D eigenvalue weighted by Crippen LogP contribution is -2.35. The lowest BCUT2D eigenvalue weighted by molar-refractivity contribution is 0.236. The topological polar surface area (TPSA) is 61.1 Å². The SMILES string of the molecule is COc1cccc(CN2CCc3c([nH]c(=S)[nH]c3=O)C2)c1F. The molecule has 1 aliphatic heterocycles. The Morgan fingerprint density at radius 1 is 1.41 bits per heavy atom. The highest BCUT2D eigenvalue weighted by atomic mass is 32.1.